The van der Waals surface area contributed by atoms with Gasteiger partial charge in [-0.25, -0.2) is 8.37 Å². The summed E-state index contributed by atoms with van der Waals surface area (Å²) in [7, 11) is -4.32. The molecule has 232 valence electrons. The highest BCUT2D eigenvalue weighted by molar-refractivity contribution is 7.82. The molecule has 4 N–H and O–H groups in total. The Labute approximate surface area is 239 Å². The summed E-state index contributed by atoms with van der Waals surface area (Å²) < 4.78 is 108. The van der Waals surface area contributed by atoms with Crippen LogP contribution in [0.5, 0.6) is 0 Å². The van der Waals surface area contributed by atoms with Gasteiger partial charge in [-0.15, -0.1) is 0 Å². The number of carbonyl (C=O) groups excluding carboxylic acids is 2. The second kappa shape index (κ2) is 12.5. The maximum absolute atomic E-state index is 12.8. The number of nitriles is 2. The molecule has 2 aromatic carbocycles. The van der Waals surface area contributed by atoms with E-state index in [1.165, 1.54) is 12.1 Å². The summed E-state index contributed by atoms with van der Waals surface area (Å²) in [6.07, 6.45) is -9.53. The van der Waals surface area contributed by atoms with Crippen molar-refractivity contribution in [2.24, 2.45) is 0 Å². The van der Waals surface area contributed by atoms with Crippen LogP contribution in [-0.2, 0) is 40.7 Å². The van der Waals surface area contributed by atoms with E-state index >= 15 is 0 Å². The highest BCUT2D eigenvalue weighted by Crippen LogP contribution is 2.35. The van der Waals surface area contributed by atoms with Crippen molar-refractivity contribution in [1.82, 2.24) is 0 Å². The van der Waals surface area contributed by atoms with Crippen molar-refractivity contribution in [3.8, 4) is 12.1 Å². The number of anilines is 2. The lowest BCUT2D eigenvalue weighted by Gasteiger charge is -2.20. The molecule has 2 atom stereocenters. The quantitative estimate of drug-likeness (QED) is 0.353. The molecular weight excluding hydrogens is 618 g/mol. The number of amides is 2. The molecular formula is C24H20F6N4O8S. The minimum atomic E-state index is -4.79. The molecule has 2 aromatic rings. The molecule has 3 rings (SSSR count). The van der Waals surface area contributed by atoms with Crippen molar-refractivity contribution in [3.05, 3.63) is 58.7 Å². The predicted molar refractivity (Wildman–Crippen MR) is 132 cm³/mol. The maximum atomic E-state index is 12.8. The van der Waals surface area contributed by atoms with Crippen LogP contribution in [0.15, 0.2) is 36.4 Å². The normalized spacial score (nSPS) is 19.1. The molecule has 1 heterocycles. The lowest BCUT2D eigenvalue weighted by atomic mass is 10.1. The fourth-order valence-electron chi connectivity index (χ4n) is 3.07. The summed E-state index contributed by atoms with van der Waals surface area (Å²) in [5.41, 5.74) is -8.13. The molecule has 1 saturated heterocycles. The van der Waals surface area contributed by atoms with E-state index < -0.39 is 81.2 Å². The van der Waals surface area contributed by atoms with E-state index in [4.69, 9.17) is 15.6 Å². The zero-order chi connectivity index (χ0) is 33.0. The summed E-state index contributed by atoms with van der Waals surface area (Å²) in [6.45, 7) is 0.628. The molecule has 2 amide bonds. The zero-order valence-corrected chi connectivity index (χ0v) is 22.6. The first-order valence-corrected chi connectivity index (χ1v) is 12.7. The van der Waals surface area contributed by atoms with Crippen LogP contribution < -0.4 is 10.6 Å². The number of hydrogen-bond donors (Lipinski definition) is 4. The molecule has 1 aliphatic heterocycles. The average molecular weight is 638 g/mol. The van der Waals surface area contributed by atoms with E-state index in [0.29, 0.717) is 12.1 Å². The standard InChI is InChI=1S/C12H9F3N2O5S.C12H11F3N2O3/c1-11(6-21-23(19,20)22-11)10(18)17-8-3-2-7(5-16)9(4-8)12(13,14)15;1-11(20,6-18)10(19)17-8-3-2-7(5-16)9(4-8)12(13,14)15/h2-4H,6H2,1H3,(H,17,18);2-4,18,20H,6H2,1H3,(H,17,19). The van der Waals surface area contributed by atoms with Gasteiger partial charge in [0.2, 0.25) is 0 Å². The number of aliphatic hydroxyl groups is 2. The number of aliphatic hydroxyl groups excluding tert-OH is 1. The molecule has 0 spiro atoms. The van der Waals surface area contributed by atoms with Crippen LogP contribution in [-0.4, -0.2) is 54.9 Å². The Morgan fingerprint density at radius 3 is 1.74 bits per heavy atom. The molecule has 1 aliphatic rings. The Morgan fingerprint density at radius 1 is 0.953 bits per heavy atom. The van der Waals surface area contributed by atoms with E-state index in [2.05, 4.69) is 13.7 Å². The van der Waals surface area contributed by atoms with Gasteiger partial charge in [-0.05, 0) is 50.2 Å². The van der Waals surface area contributed by atoms with Gasteiger partial charge in [0.1, 0.15) is 6.61 Å². The Bertz CT molecular complexity index is 1600. The Balaban J connectivity index is 0.000000304. The number of rotatable bonds is 5. The molecule has 0 aliphatic carbocycles. The molecule has 0 radical (unpaired) electrons. The first-order chi connectivity index (χ1) is 19.6. The van der Waals surface area contributed by atoms with Gasteiger partial charge in [0.25, 0.3) is 11.8 Å². The van der Waals surface area contributed by atoms with Crippen LogP contribution in [0.3, 0.4) is 0 Å². The Hall–Kier alpha value is -4.27. The predicted octanol–water partition coefficient (Wildman–Crippen LogP) is 2.82. The van der Waals surface area contributed by atoms with Crippen LogP contribution in [0.2, 0.25) is 0 Å². The molecule has 0 saturated carbocycles. The molecule has 0 bridgehead atoms. The first-order valence-electron chi connectivity index (χ1n) is 11.4. The number of nitrogens with one attached hydrogen (secondary N) is 2. The minimum absolute atomic E-state index is 0.241. The highest BCUT2D eigenvalue weighted by Gasteiger charge is 2.47. The largest absolute Gasteiger partial charge is 0.417 e. The van der Waals surface area contributed by atoms with Crippen molar-refractivity contribution >= 4 is 33.6 Å². The van der Waals surface area contributed by atoms with Gasteiger partial charge in [0.15, 0.2) is 11.2 Å². The van der Waals surface area contributed by atoms with Crippen LogP contribution in [0.1, 0.15) is 36.1 Å². The fraction of sp³-hybridized carbons (Fsp3) is 0.333. The monoisotopic (exact) mass is 638 g/mol. The second-order valence-electron chi connectivity index (χ2n) is 9.06. The van der Waals surface area contributed by atoms with Crippen molar-refractivity contribution in [2.45, 2.75) is 37.4 Å². The van der Waals surface area contributed by atoms with E-state index in [1.54, 1.807) is 0 Å². The molecule has 2 unspecified atom stereocenters. The van der Waals surface area contributed by atoms with Crippen LogP contribution in [0, 0.1) is 22.7 Å². The molecule has 1 fully saturated rings. The number of benzene rings is 2. The maximum Gasteiger partial charge on any atom is 0.417 e. The molecule has 43 heavy (non-hydrogen) atoms. The SMILES string of the molecule is CC(O)(CO)C(=O)Nc1ccc(C#N)c(C(F)(F)F)c1.CC1(C(=O)Nc2ccc(C#N)c(C(F)(F)F)c2)COS(=O)(=O)O1. The third kappa shape index (κ3) is 8.86. The topological polar surface area (TPSA) is 199 Å². The van der Waals surface area contributed by atoms with Gasteiger partial charge in [-0.1, -0.05) is 0 Å². The lowest BCUT2D eigenvalue weighted by molar-refractivity contribution is -0.138. The van der Waals surface area contributed by atoms with Crippen molar-refractivity contribution in [2.75, 3.05) is 23.8 Å². The zero-order valence-electron chi connectivity index (χ0n) is 21.8. The number of halogens is 6. The van der Waals surface area contributed by atoms with E-state index in [-0.39, 0.29) is 11.4 Å². The molecule has 19 heteroatoms. The van der Waals surface area contributed by atoms with Crippen molar-refractivity contribution in [1.29, 1.82) is 10.5 Å². The number of alkyl halides is 6. The van der Waals surface area contributed by atoms with Crippen molar-refractivity contribution in [3.63, 3.8) is 0 Å². The number of carbonyl (C=O) groups is 2. The van der Waals surface area contributed by atoms with Gasteiger partial charge in [-0.3, -0.25) is 9.59 Å². The van der Waals surface area contributed by atoms with E-state index in [1.807, 2.05) is 5.32 Å². The Kier molecular flexibility index (Phi) is 10.2. The first kappa shape index (κ1) is 34.9. The highest BCUT2D eigenvalue weighted by atomic mass is 32.3. The minimum Gasteiger partial charge on any atom is -0.393 e. The smallest absolute Gasteiger partial charge is 0.393 e. The third-order valence-corrected chi connectivity index (χ3v) is 6.43. The number of hydrogen-bond acceptors (Lipinski definition) is 10. The van der Waals surface area contributed by atoms with Gasteiger partial charge in [0.05, 0.1) is 41.0 Å². The summed E-state index contributed by atoms with van der Waals surface area (Å²) in [4.78, 5) is 23.5. The lowest BCUT2D eigenvalue weighted by Crippen LogP contribution is -2.43. The van der Waals surface area contributed by atoms with Gasteiger partial charge >= 0.3 is 22.8 Å². The molecule has 0 aromatic heterocycles. The summed E-state index contributed by atoms with van der Waals surface area (Å²) in [5.74, 6) is -2.06. The van der Waals surface area contributed by atoms with Crippen LogP contribution in [0.4, 0.5) is 37.7 Å². The van der Waals surface area contributed by atoms with Crippen LogP contribution >= 0.6 is 0 Å². The summed E-state index contributed by atoms with van der Waals surface area (Å²) >= 11 is 0. The Morgan fingerprint density at radius 2 is 1.40 bits per heavy atom. The summed E-state index contributed by atoms with van der Waals surface area (Å²) in [5, 5.41) is 39.7. The van der Waals surface area contributed by atoms with Gasteiger partial charge in [-0.2, -0.15) is 45.3 Å². The third-order valence-electron chi connectivity index (χ3n) is 5.45. The fourth-order valence-corrected chi connectivity index (χ4v) is 4.06. The molecule has 12 nitrogen and oxygen atoms in total. The van der Waals surface area contributed by atoms with E-state index in [0.717, 1.165) is 38.1 Å². The average Bonchev–Trinajstić information content (AvgIpc) is 3.21. The second-order valence-corrected chi connectivity index (χ2v) is 10.3. The summed E-state index contributed by atoms with van der Waals surface area (Å²) in [6, 6.07) is 7.94. The van der Waals surface area contributed by atoms with Gasteiger partial charge < -0.3 is 20.8 Å². The van der Waals surface area contributed by atoms with Crippen LogP contribution in [0.25, 0.3) is 0 Å². The van der Waals surface area contributed by atoms with E-state index in [9.17, 15) is 49.5 Å². The number of nitrogens with zero attached hydrogens (tertiary/aromatic N) is 2. The van der Waals surface area contributed by atoms with Crippen molar-refractivity contribution < 1.29 is 62.9 Å². The van der Waals surface area contributed by atoms with Gasteiger partial charge in [0, 0.05) is 11.4 Å².